The maximum Gasteiger partial charge on any atom is 0.350 e. The van der Waals surface area contributed by atoms with Crippen LogP contribution in [0.3, 0.4) is 0 Å². The van der Waals surface area contributed by atoms with Crippen LogP contribution in [0.5, 0.6) is 11.5 Å². The van der Waals surface area contributed by atoms with Gasteiger partial charge in [-0.25, -0.2) is 4.79 Å². The number of esters is 1. The van der Waals surface area contributed by atoms with Crippen LogP contribution in [0.25, 0.3) is 0 Å². The number of ether oxygens (including phenoxy) is 2. The molecule has 0 aliphatic carbocycles. The molecule has 5 heteroatoms. The number of nitriles is 1. The van der Waals surface area contributed by atoms with Crippen molar-refractivity contribution in [2.24, 2.45) is 0 Å². The van der Waals surface area contributed by atoms with Gasteiger partial charge in [-0.2, -0.15) is 5.26 Å². The van der Waals surface area contributed by atoms with Crippen LogP contribution >= 0.6 is 0 Å². The predicted molar refractivity (Wildman–Crippen MR) is 86.9 cm³/mol. The molecule has 0 amide bonds. The standard InChI is InChI=1S/C18H16N2O3/c1-2-22-18(21)14(12-19)13-20-16-10-6-7-11-17(16)23-15-8-4-3-5-9-15/h3-11,13,20H,2H2,1H3/b14-13+. The molecule has 0 heterocycles. The Morgan fingerprint density at radius 3 is 2.57 bits per heavy atom. The smallest absolute Gasteiger partial charge is 0.350 e. The minimum Gasteiger partial charge on any atom is -0.462 e. The molecule has 116 valence electrons. The van der Waals surface area contributed by atoms with Crippen molar-refractivity contribution in [1.82, 2.24) is 0 Å². The lowest BCUT2D eigenvalue weighted by atomic mass is 10.2. The molecule has 0 spiro atoms. The number of nitrogens with one attached hydrogen (secondary N) is 1. The molecule has 0 aliphatic rings. The summed E-state index contributed by atoms with van der Waals surface area (Å²) in [5.74, 6) is 0.608. The van der Waals surface area contributed by atoms with Gasteiger partial charge in [-0.15, -0.1) is 0 Å². The second-order valence-electron chi connectivity index (χ2n) is 4.45. The number of para-hydroxylation sites is 3. The van der Waals surface area contributed by atoms with Gasteiger partial charge in [0.15, 0.2) is 11.3 Å². The van der Waals surface area contributed by atoms with E-state index in [2.05, 4.69) is 5.32 Å². The van der Waals surface area contributed by atoms with Gasteiger partial charge in [-0.1, -0.05) is 30.3 Å². The van der Waals surface area contributed by atoms with Crippen molar-refractivity contribution >= 4 is 11.7 Å². The van der Waals surface area contributed by atoms with E-state index < -0.39 is 5.97 Å². The number of hydrogen-bond donors (Lipinski definition) is 1. The van der Waals surface area contributed by atoms with Crippen LogP contribution in [0.15, 0.2) is 66.4 Å². The zero-order valence-electron chi connectivity index (χ0n) is 12.7. The highest BCUT2D eigenvalue weighted by molar-refractivity contribution is 5.93. The lowest BCUT2D eigenvalue weighted by Gasteiger charge is -2.11. The number of anilines is 1. The van der Waals surface area contributed by atoms with E-state index in [-0.39, 0.29) is 12.2 Å². The molecule has 0 saturated heterocycles. The highest BCUT2D eigenvalue weighted by Crippen LogP contribution is 2.29. The summed E-state index contributed by atoms with van der Waals surface area (Å²) in [4.78, 5) is 11.6. The summed E-state index contributed by atoms with van der Waals surface area (Å²) in [6.45, 7) is 1.90. The zero-order chi connectivity index (χ0) is 16.5. The predicted octanol–water partition coefficient (Wildman–Crippen LogP) is 3.86. The third-order valence-corrected chi connectivity index (χ3v) is 2.85. The van der Waals surface area contributed by atoms with Crippen LogP contribution in [-0.2, 0) is 9.53 Å². The monoisotopic (exact) mass is 308 g/mol. The van der Waals surface area contributed by atoms with Crippen LogP contribution in [0.4, 0.5) is 5.69 Å². The Kier molecular flexibility index (Phi) is 5.78. The Morgan fingerprint density at radius 1 is 1.17 bits per heavy atom. The third-order valence-electron chi connectivity index (χ3n) is 2.85. The second-order valence-corrected chi connectivity index (χ2v) is 4.45. The summed E-state index contributed by atoms with van der Waals surface area (Å²) in [5.41, 5.74) is 0.523. The van der Waals surface area contributed by atoms with Gasteiger partial charge in [0, 0.05) is 6.20 Å². The van der Waals surface area contributed by atoms with Gasteiger partial charge in [-0.3, -0.25) is 0 Å². The summed E-state index contributed by atoms with van der Waals surface area (Å²) in [6.07, 6.45) is 1.31. The van der Waals surface area contributed by atoms with E-state index >= 15 is 0 Å². The molecule has 0 aromatic heterocycles. The van der Waals surface area contributed by atoms with Crippen LogP contribution in [0.2, 0.25) is 0 Å². The average molecular weight is 308 g/mol. The van der Waals surface area contributed by atoms with Crippen LogP contribution in [0.1, 0.15) is 6.92 Å². The number of nitrogens with zero attached hydrogens (tertiary/aromatic N) is 1. The molecule has 5 nitrogen and oxygen atoms in total. The van der Waals surface area contributed by atoms with E-state index in [9.17, 15) is 4.79 Å². The van der Waals surface area contributed by atoms with Crippen molar-refractivity contribution in [1.29, 1.82) is 5.26 Å². The molecule has 0 bridgehead atoms. The minimum absolute atomic E-state index is 0.110. The van der Waals surface area contributed by atoms with Crippen molar-refractivity contribution in [2.75, 3.05) is 11.9 Å². The molecule has 2 rings (SSSR count). The molecule has 0 aliphatic heterocycles. The fraction of sp³-hybridized carbons (Fsp3) is 0.111. The minimum atomic E-state index is -0.663. The van der Waals surface area contributed by atoms with Gasteiger partial charge in [0.25, 0.3) is 0 Å². The summed E-state index contributed by atoms with van der Waals surface area (Å²) in [5, 5.41) is 11.9. The average Bonchev–Trinajstić information content (AvgIpc) is 2.58. The summed E-state index contributed by atoms with van der Waals surface area (Å²) in [7, 11) is 0. The highest BCUT2D eigenvalue weighted by atomic mass is 16.5. The lowest BCUT2D eigenvalue weighted by molar-refractivity contribution is -0.138. The fourth-order valence-corrected chi connectivity index (χ4v) is 1.79. The van der Waals surface area contributed by atoms with Crippen molar-refractivity contribution in [3.8, 4) is 17.6 Å². The second kappa shape index (κ2) is 8.25. The van der Waals surface area contributed by atoms with E-state index in [1.165, 1.54) is 6.20 Å². The molecule has 0 atom stereocenters. The number of hydrogen-bond acceptors (Lipinski definition) is 5. The van der Waals surface area contributed by atoms with Gasteiger partial charge < -0.3 is 14.8 Å². The molecular weight excluding hydrogens is 292 g/mol. The summed E-state index contributed by atoms with van der Waals surface area (Å²) in [6, 6.07) is 18.4. The number of carbonyl (C=O) groups is 1. The third kappa shape index (κ3) is 4.61. The Hall–Kier alpha value is -3.26. The van der Waals surface area contributed by atoms with Gasteiger partial charge in [0.2, 0.25) is 0 Å². The van der Waals surface area contributed by atoms with Crippen LogP contribution in [-0.4, -0.2) is 12.6 Å². The maximum atomic E-state index is 11.6. The van der Waals surface area contributed by atoms with Crippen LogP contribution in [0, 0.1) is 11.3 Å². The summed E-state index contributed by atoms with van der Waals surface area (Å²) >= 11 is 0. The van der Waals surface area contributed by atoms with Crippen molar-refractivity contribution in [3.63, 3.8) is 0 Å². The van der Waals surface area contributed by atoms with E-state index in [0.29, 0.717) is 17.2 Å². The maximum absolute atomic E-state index is 11.6. The Morgan fingerprint density at radius 2 is 1.87 bits per heavy atom. The highest BCUT2D eigenvalue weighted by Gasteiger charge is 2.10. The van der Waals surface area contributed by atoms with Crippen molar-refractivity contribution in [3.05, 3.63) is 66.4 Å². The van der Waals surface area contributed by atoms with Crippen molar-refractivity contribution < 1.29 is 14.3 Å². The number of benzene rings is 2. The van der Waals surface area contributed by atoms with Gasteiger partial charge >= 0.3 is 5.97 Å². The Balaban J connectivity index is 2.17. The fourth-order valence-electron chi connectivity index (χ4n) is 1.79. The van der Waals surface area contributed by atoms with Crippen LogP contribution < -0.4 is 10.1 Å². The normalized spacial score (nSPS) is 10.5. The van der Waals surface area contributed by atoms with E-state index in [4.69, 9.17) is 14.7 Å². The van der Waals surface area contributed by atoms with E-state index in [1.807, 2.05) is 48.5 Å². The van der Waals surface area contributed by atoms with Crippen molar-refractivity contribution in [2.45, 2.75) is 6.92 Å². The first kappa shape index (κ1) is 16.1. The van der Waals surface area contributed by atoms with Gasteiger partial charge in [0.1, 0.15) is 11.8 Å². The first-order valence-electron chi connectivity index (χ1n) is 7.10. The molecule has 1 N–H and O–H groups in total. The molecule has 0 fully saturated rings. The molecule has 0 unspecified atom stereocenters. The SMILES string of the molecule is CCOC(=O)/C(C#N)=C/Nc1ccccc1Oc1ccccc1. The Labute approximate surface area is 134 Å². The largest absolute Gasteiger partial charge is 0.462 e. The topological polar surface area (TPSA) is 71.4 Å². The van der Waals surface area contributed by atoms with Gasteiger partial charge in [-0.05, 0) is 31.2 Å². The molecular formula is C18H16N2O3. The number of carbonyl (C=O) groups excluding carboxylic acids is 1. The summed E-state index contributed by atoms with van der Waals surface area (Å²) < 4.78 is 10.6. The number of rotatable bonds is 6. The van der Waals surface area contributed by atoms with E-state index in [0.717, 1.165) is 0 Å². The first-order chi connectivity index (χ1) is 11.2. The first-order valence-corrected chi connectivity index (χ1v) is 7.10. The van der Waals surface area contributed by atoms with Gasteiger partial charge in [0.05, 0.1) is 12.3 Å². The Bertz CT molecular complexity index is 733. The lowest BCUT2D eigenvalue weighted by Crippen LogP contribution is -2.08. The zero-order valence-corrected chi connectivity index (χ0v) is 12.7. The molecule has 0 radical (unpaired) electrons. The molecule has 2 aromatic carbocycles. The van der Waals surface area contributed by atoms with E-state index in [1.54, 1.807) is 19.1 Å². The molecule has 0 saturated carbocycles. The molecule has 23 heavy (non-hydrogen) atoms. The molecule has 2 aromatic rings. The quantitative estimate of drug-likeness (QED) is 0.498.